The van der Waals surface area contributed by atoms with E-state index < -0.39 is 34.9 Å². The first-order chi connectivity index (χ1) is 26.5. The monoisotopic (exact) mass is 772 g/mol. The van der Waals surface area contributed by atoms with Crippen molar-refractivity contribution >= 4 is 40.0 Å². The molecule has 1 aromatic carbocycles. The molecule has 1 spiro atoms. The van der Waals surface area contributed by atoms with Crippen LogP contribution in [-0.4, -0.2) is 72.9 Å². The summed E-state index contributed by atoms with van der Waals surface area (Å²) >= 11 is 0. The van der Waals surface area contributed by atoms with E-state index >= 15 is 8.78 Å². The van der Waals surface area contributed by atoms with Gasteiger partial charge in [-0.25, -0.2) is 27.5 Å². The molecule has 0 unspecified atom stereocenters. The van der Waals surface area contributed by atoms with Gasteiger partial charge in [-0.2, -0.15) is 0 Å². The molecule has 3 aromatic heterocycles. The Labute approximate surface area is 323 Å². The van der Waals surface area contributed by atoms with Crippen molar-refractivity contribution < 1.29 is 27.2 Å². The zero-order valence-corrected chi connectivity index (χ0v) is 32.7. The smallest absolute Gasteiger partial charge is 0.261 e. The van der Waals surface area contributed by atoms with Crippen molar-refractivity contribution in [2.75, 3.05) is 23.3 Å². The Hall–Kier alpha value is -4.59. The van der Waals surface area contributed by atoms with Gasteiger partial charge in [0, 0.05) is 47.1 Å². The van der Waals surface area contributed by atoms with Crippen molar-refractivity contribution in [1.82, 2.24) is 29.7 Å². The second-order valence-electron chi connectivity index (χ2n) is 18.2. The predicted molar refractivity (Wildman–Crippen MR) is 205 cm³/mol. The van der Waals surface area contributed by atoms with Crippen LogP contribution in [0.15, 0.2) is 30.7 Å². The van der Waals surface area contributed by atoms with Crippen molar-refractivity contribution in [2.45, 2.75) is 128 Å². The molecule has 0 radical (unpaired) electrons. The van der Waals surface area contributed by atoms with Crippen molar-refractivity contribution in [3.05, 3.63) is 59.2 Å². The lowest BCUT2D eigenvalue weighted by molar-refractivity contribution is -0.124. The van der Waals surface area contributed by atoms with E-state index in [1.54, 1.807) is 18.6 Å². The van der Waals surface area contributed by atoms with Gasteiger partial charge in [0.1, 0.15) is 11.1 Å². The fourth-order valence-electron chi connectivity index (χ4n) is 9.47. The number of hydrogen-bond acceptors (Lipinski definition) is 7. The number of imidazole rings is 1. The first-order valence-corrected chi connectivity index (χ1v) is 19.8. The first kappa shape index (κ1) is 37.0. The molecule has 2 aliphatic heterocycles. The summed E-state index contributed by atoms with van der Waals surface area (Å²) in [4.78, 5) is 46.4. The van der Waals surface area contributed by atoms with E-state index in [0.717, 1.165) is 37.7 Å². The molecule has 4 aromatic rings. The molecule has 4 fully saturated rings. The molecule has 0 bridgehead atoms. The second kappa shape index (κ2) is 12.5. The van der Waals surface area contributed by atoms with Gasteiger partial charge in [-0.1, -0.05) is 0 Å². The number of anilines is 3. The molecule has 2 amide bonds. The highest BCUT2D eigenvalue weighted by molar-refractivity contribution is 6.08. The molecule has 5 heterocycles. The summed E-state index contributed by atoms with van der Waals surface area (Å²) < 4.78 is 60.4. The lowest BCUT2D eigenvalue weighted by Gasteiger charge is -2.56. The third-order valence-corrected chi connectivity index (χ3v) is 13.5. The highest BCUT2D eigenvalue weighted by Crippen LogP contribution is 2.56. The van der Waals surface area contributed by atoms with Crippen molar-refractivity contribution in [3.8, 4) is 11.3 Å². The van der Waals surface area contributed by atoms with Crippen LogP contribution in [0.4, 0.5) is 34.8 Å². The summed E-state index contributed by atoms with van der Waals surface area (Å²) in [7, 11) is 0. The molecular weight excluding hydrogens is 725 g/mol. The average molecular weight is 773 g/mol. The maximum absolute atomic E-state index is 15.7. The van der Waals surface area contributed by atoms with Crippen LogP contribution in [0.5, 0.6) is 0 Å². The number of piperidine rings is 1. The van der Waals surface area contributed by atoms with Gasteiger partial charge < -0.3 is 20.1 Å². The maximum Gasteiger partial charge on any atom is 0.261 e. The number of aromatic nitrogens is 4. The van der Waals surface area contributed by atoms with Gasteiger partial charge >= 0.3 is 0 Å². The van der Waals surface area contributed by atoms with Crippen molar-refractivity contribution in [1.29, 1.82) is 0 Å². The number of carbonyl (C=O) groups excluding carboxylic acids is 2. The number of alkyl halides is 2. The Morgan fingerprint density at radius 3 is 2.38 bits per heavy atom. The molecule has 0 atom stereocenters. The quantitative estimate of drug-likeness (QED) is 0.165. The zero-order chi connectivity index (χ0) is 39.7. The number of rotatable bonds is 9. The SMILES string of the molecule is Cc1c(C(=O)NC2(C(F)F)CC2)cc(Nc2nc(-c3cnc4c(c3)N([C@H]3C[C@@](C)(N5CCCC6(CC6)C5)C3)C(=O)C4(C)C)cc3ncn(C(C)C)c23)c(F)c1F. The van der Waals surface area contributed by atoms with Crippen molar-refractivity contribution in [2.24, 2.45) is 5.41 Å². The van der Waals surface area contributed by atoms with E-state index in [9.17, 15) is 18.4 Å². The van der Waals surface area contributed by atoms with Crippen LogP contribution in [-0.2, 0) is 10.2 Å². The first-order valence-electron chi connectivity index (χ1n) is 19.8. The topological polar surface area (TPSA) is 108 Å². The predicted octanol–water partition coefficient (Wildman–Crippen LogP) is 8.35. The number of nitrogens with zero attached hydrogens (tertiary/aromatic N) is 6. The third-order valence-electron chi connectivity index (χ3n) is 13.5. The number of likely N-dealkylation sites (tertiary alicyclic amines) is 1. The van der Waals surface area contributed by atoms with Crippen molar-refractivity contribution in [3.63, 3.8) is 0 Å². The third kappa shape index (κ3) is 5.71. The number of benzene rings is 1. The number of fused-ring (bicyclic) bond motifs is 2. The van der Waals surface area contributed by atoms with Crippen LogP contribution < -0.4 is 15.5 Å². The number of pyridine rings is 2. The van der Waals surface area contributed by atoms with Crippen LogP contribution in [0, 0.1) is 24.0 Å². The summed E-state index contributed by atoms with van der Waals surface area (Å²) in [6, 6.07) is 4.80. The molecule has 3 aliphatic carbocycles. The fraction of sp³-hybridized carbons (Fsp3) is 0.548. The molecule has 9 rings (SSSR count). The number of halogens is 4. The number of hydrogen-bond donors (Lipinski definition) is 2. The molecular formula is C42H48F4N8O2. The van der Waals surface area contributed by atoms with Gasteiger partial charge in [0.05, 0.1) is 40.0 Å². The Balaban J connectivity index is 1.07. The number of amides is 2. The van der Waals surface area contributed by atoms with Gasteiger partial charge in [-0.3, -0.25) is 19.5 Å². The minimum atomic E-state index is -2.79. The van der Waals surface area contributed by atoms with E-state index in [0.29, 0.717) is 33.4 Å². The van der Waals surface area contributed by atoms with Crippen LogP contribution in [0.2, 0.25) is 0 Å². The normalized spacial score (nSPS) is 24.5. The minimum absolute atomic E-state index is 0.0146. The van der Waals surface area contributed by atoms with E-state index in [-0.39, 0.29) is 59.0 Å². The summed E-state index contributed by atoms with van der Waals surface area (Å²) in [5.41, 5.74) is 0.599. The van der Waals surface area contributed by atoms with E-state index in [1.807, 2.05) is 43.2 Å². The average Bonchev–Trinajstić information content (AvgIpc) is 4.04. The van der Waals surface area contributed by atoms with E-state index in [4.69, 9.17) is 9.97 Å². The fourth-order valence-corrected chi connectivity index (χ4v) is 9.47. The van der Waals surface area contributed by atoms with Crippen LogP contribution >= 0.6 is 0 Å². The molecule has 56 heavy (non-hydrogen) atoms. The summed E-state index contributed by atoms with van der Waals surface area (Å²) in [6.45, 7) is 13.5. The summed E-state index contributed by atoms with van der Waals surface area (Å²) in [5, 5.41) is 5.28. The summed E-state index contributed by atoms with van der Waals surface area (Å²) in [5.74, 6) is -3.28. The largest absolute Gasteiger partial charge is 0.341 e. The Kier molecular flexibility index (Phi) is 8.23. The molecule has 3 saturated carbocycles. The van der Waals surface area contributed by atoms with Gasteiger partial charge in [0.15, 0.2) is 17.5 Å². The molecule has 10 nitrogen and oxygen atoms in total. The number of carbonyl (C=O) groups is 2. The van der Waals surface area contributed by atoms with Crippen LogP contribution in [0.1, 0.15) is 114 Å². The maximum atomic E-state index is 15.7. The Bertz CT molecular complexity index is 2310. The highest BCUT2D eigenvalue weighted by atomic mass is 19.3. The molecule has 1 saturated heterocycles. The highest BCUT2D eigenvalue weighted by Gasteiger charge is 2.57. The lowest BCUT2D eigenvalue weighted by atomic mass is 9.70. The molecule has 14 heteroatoms. The molecule has 296 valence electrons. The van der Waals surface area contributed by atoms with Gasteiger partial charge in [0.2, 0.25) is 5.91 Å². The van der Waals surface area contributed by atoms with Crippen LogP contribution in [0.3, 0.4) is 0 Å². The Morgan fingerprint density at radius 1 is 0.982 bits per heavy atom. The van der Waals surface area contributed by atoms with Gasteiger partial charge in [0.25, 0.3) is 12.3 Å². The number of nitrogens with one attached hydrogen (secondary N) is 2. The zero-order valence-electron chi connectivity index (χ0n) is 32.7. The lowest BCUT2D eigenvalue weighted by Crippen LogP contribution is -2.64. The standard InChI is InChI=1S/C42H48F4N8O2/c1-22(2)53-21-48-29-16-27(49-35(33(29)53)50-28-15-26(23(3)31(43)32(28)44)36(55)51-42(11-12-42)37(45)46)24-14-30-34(47-19-24)39(4,5)38(56)54(30)25-17-40(6,18-25)52-13-7-8-41(20-52)9-10-41/h14-16,19,21-22,25,37H,7-13,17-18,20H2,1-6H3,(H,49,50)(H,51,55)/t25-,40+. The van der Waals surface area contributed by atoms with Gasteiger partial charge in [-0.05, 0) is 123 Å². The van der Waals surface area contributed by atoms with E-state index in [2.05, 4.69) is 27.4 Å². The second-order valence-corrected chi connectivity index (χ2v) is 18.2. The minimum Gasteiger partial charge on any atom is -0.341 e. The van der Waals surface area contributed by atoms with E-state index in [1.165, 1.54) is 32.6 Å². The summed E-state index contributed by atoms with van der Waals surface area (Å²) in [6.07, 6.45) is 7.64. The Morgan fingerprint density at radius 2 is 1.71 bits per heavy atom. The molecule has 5 aliphatic rings. The van der Waals surface area contributed by atoms with Gasteiger partial charge in [-0.15, -0.1) is 0 Å². The molecule has 2 N–H and O–H groups in total. The van der Waals surface area contributed by atoms with Crippen LogP contribution in [0.25, 0.3) is 22.3 Å².